The van der Waals surface area contributed by atoms with Gasteiger partial charge in [0.15, 0.2) is 0 Å². The van der Waals surface area contributed by atoms with E-state index in [1.54, 1.807) is 6.07 Å². The average molecular weight is 545 g/mol. The van der Waals surface area contributed by atoms with E-state index in [9.17, 15) is 14.4 Å². The molecule has 1 aromatic heterocycles. The first-order chi connectivity index (χ1) is 17.7. The maximum atomic E-state index is 13.3. The van der Waals surface area contributed by atoms with Gasteiger partial charge in [-0.1, -0.05) is 32.4 Å². The molecule has 1 heterocycles. The number of anilines is 1. The Labute approximate surface area is 230 Å². The van der Waals surface area contributed by atoms with Crippen molar-refractivity contribution in [1.29, 1.82) is 0 Å². The van der Waals surface area contributed by atoms with Gasteiger partial charge < -0.3 is 25.7 Å². The SMILES string of the molecule is CCN(c1cc(Cl)cc(C(=O)NCc2c(C)cc(C)[nH]c2=O)c1C)C1CCC(OC(N)=O)(C(C)(C)C)CC1. The van der Waals surface area contributed by atoms with Crippen LogP contribution in [0.15, 0.2) is 23.0 Å². The summed E-state index contributed by atoms with van der Waals surface area (Å²) in [5.74, 6) is -0.285. The molecule has 4 N–H and O–H groups in total. The van der Waals surface area contributed by atoms with Gasteiger partial charge in [0.1, 0.15) is 5.60 Å². The summed E-state index contributed by atoms with van der Waals surface area (Å²) in [5.41, 5.74) is 8.71. The number of carbonyl (C=O) groups excluding carboxylic acids is 2. The number of nitrogens with one attached hydrogen (secondary N) is 2. The number of aryl methyl sites for hydroxylation is 2. The molecule has 9 heteroatoms. The van der Waals surface area contributed by atoms with Gasteiger partial charge in [-0.2, -0.15) is 0 Å². The molecule has 0 saturated heterocycles. The Kier molecular flexibility index (Phi) is 8.86. The molecule has 0 spiro atoms. The topological polar surface area (TPSA) is 118 Å². The van der Waals surface area contributed by atoms with Crippen molar-refractivity contribution in [1.82, 2.24) is 10.3 Å². The maximum Gasteiger partial charge on any atom is 0.405 e. The number of halogens is 1. The van der Waals surface area contributed by atoms with Gasteiger partial charge in [-0.3, -0.25) is 9.59 Å². The van der Waals surface area contributed by atoms with Crippen molar-refractivity contribution in [2.45, 2.75) is 92.3 Å². The van der Waals surface area contributed by atoms with E-state index in [1.165, 1.54) is 0 Å². The minimum atomic E-state index is -0.741. The number of nitrogens with zero attached hydrogens (tertiary/aromatic N) is 1. The summed E-state index contributed by atoms with van der Waals surface area (Å²) >= 11 is 6.52. The highest BCUT2D eigenvalue weighted by molar-refractivity contribution is 6.31. The van der Waals surface area contributed by atoms with E-state index in [0.717, 1.165) is 41.9 Å². The van der Waals surface area contributed by atoms with E-state index >= 15 is 0 Å². The van der Waals surface area contributed by atoms with Crippen molar-refractivity contribution in [3.63, 3.8) is 0 Å². The minimum absolute atomic E-state index is 0.121. The lowest BCUT2D eigenvalue weighted by atomic mass is 9.67. The number of ether oxygens (including phenoxy) is 1. The second-order valence-electron chi connectivity index (χ2n) is 11.4. The molecule has 1 fully saturated rings. The Bertz CT molecular complexity index is 1260. The Morgan fingerprint density at radius 1 is 1.18 bits per heavy atom. The van der Waals surface area contributed by atoms with Crippen LogP contribution >= 0.6 is 11.6 Å². The number of hydrogen-bond donors (Lipinski definition) is 3. The molecule has 0 aliphatic heterocycles. The number of aromatic amines is 1. The zero-order valence-corrected chi connectivity index (χ0v) is 24.3. The van der Waals surface area contributed by atoms with Crippen molar-refractivity contribution >= 4 is 29.3 Å². The molecule has 0 bridgehead atoms. The monoisotopic (exact) mass is 544 g/mol. The van der Waals surface area contributed by atoms with Crippen molar-refractivity contribution in [3.8, 4) is 0 Å². The summed E-state index contributed by atoms with van der Waals surface area (Å²) in [6.07, 6.45) is 2.26. The van der Waals surface area contributed by atoms with Gasteiger partial charge in [0.25, 0.3) is 11.5 Å². The number of amides is 2. The van der Waals surface area contributed by atoms with E-state index in [4.69, 9.17) is 22.1 Å². The van der Waals surface area contributed by atoms with Crippen LogP contribution in [0.2, 0.25) is 5.02 Å². The minimum Gasteiger partial charge on any atom is -0.443 e. The first kappa shape index (κ1) is 29.6. The van der Waals surface area contributed by atoms with Crippen LogP contribution in [0.3, 0.4) is 0 Å². The van der Waals surface area contributed by atoms with E-state index in [2.05, 4.69) is 42.9 Å². The lowest BCUT2D eigenvalue weighted by molar-refractivity contribution is -0.0917. The van der Waals surface area contributed by atoms with Crippen LogP contribution in [-0.4, -0.2) is 35.2 Å². The molecule has 38 heavy (non-hydrogen) atoms. The number of aromatic nitrogens is 1. The normalized spacial score (nSPS) is 19.6. The third-order valence-electron chi connectivity index (χ3n) is 8.03. The van der Waals surface area contributed by atoms with Crippen molar-refractivity contribution in [2.75, 3.05) is 11.4 Å². The van der Waals surface area contributed by atoms with Crippen LogP contribution in [0.25, 0.3) is 0 Å². The molecule has 208 valence electrons. The highest BCUT2D eigenvalue weighted by Crippen LogP contribution is 2.46. The molecule has 1 aliphatic carbocycles. The second kappa shape index (κ2) is 11.4. The third-order valence-corrected chi connectivity index (χ3v) is 8.24. The second-order valence-corrected chi connectivity index (χ2v) is 11.8. The van der Waals surface area contributed by atoms with Gasteiger partial charge in [-0.05, 0) is 82.7 Å². The van der Waals surface area contributed by atoms with Gasteiger partial charge >= 0.3 is 6.09 Å². The van der Waals surface area contributed by atoms with E-state index in [-0.39, 0.29) is 29.5 Å². The summed E-state index contributed by atoms with van der Waals surface area (Å²) in [5, 5.41) is 3.37. The van der Waals surface area contributed by atoms with Gasteiger partial charge in [0, 0.05) is 52.1 Å². The van der Waals surface area contributed by atoms with Crippen LogP contribution in [0.5, 0.6) is 0 Å². The fraction of sp³-hybridized carbons (Fsp3) is 0.552. The van der Waals surface area contributed by atoms with Gasteiger partial charge in [0.05, 0.1) is 0 Å². The van der Waals surface area contributed by atoms with Crippen molar-refractivity contribution in [2.24, 2.45) is 11.1 Å². The lowest BCUT2D eigenvalue weighted by Crippen LogP contribution is -2.53. The Balaban J connectivity index is 1.84. The van der Waals surface area contributed by atoms with Crippen LogP contribution in [0.4, 0.5) is 10.5 Å². The van der Waals surface area contributed by atoms with Crippen LogP contribution in [-0.2, 0) is 11.3 Å². The number of carbonyl (C=O) groups is 2. The summed E-state index contributed by atoms with van der Waals surface area (Å²) in [4.78, 5) is 42.4. The largest absolute Gasteiger partial charge is 0.443 e. The highest BCUT2D eigenvalue weighted by Gasteiger charge is 2.48. The summed E-state index contributed by atoms with van der Waals surface area (Å²) in [6, 6.07) is 5.64. The lowest BCUT2D eigenvalue weighted by Gasteiger charge is -2.49. The Morgan fingerprint density at radius 2 is 1.82 bits per heavy atom. The number of nitrogens with two attached hydrogens (primary N) is 1. The molecule has 2 amide bonds. The number of benzene rings is 1. The molecule has 2 aromatic rings. The van der Waals surface area contributed by atoms with Gasteiger partial charge in [-0.15, -0.1) is 0 Å². The quantitative estimate of drug-likeness (QED) is 0.423. The molecule has 0 unspecified atom stereocenters. The van der Waals surface area contributed by atoms with E-state index < -0.39 is 11.7 Å². The van der Waals surface area contributed by atoms with E-state index in [0.29, 0.717) is 29.0 Å². The molecule has 1 aromatic carbocycles. The average Bonchev–Trinajstić information content (AvgIpc) is 2.80. The molecule has 0 atom stereocenters. The van der Waals surface area contributed by atoms with Gasteiger partial charge in [0.2, 0.25) is 0 Å². The molecule has 3 rings (SSSR count). The summed E-state index contributed by atoms with van der Waals surface area (Å²) in [6.45, 7) is 14.8. The third kappa shape index (κ3) is 6.17. The predicted octanol–water partition coefficient (Wildman–Crippen LogP) is 5.53. The number of H-pyrrole nitrogens is 1. The molecule has 8 nitrogen and oxygen atoms in total. The molecular formula is C29H41ClN4O4. The standard InChI is InChI=1S/C29H41ClN4O4/c1-8-34(21-9-11-29(12-10-21,28(5,6)7)38-27(31)37)24-15-20(30)14-22(19(24)4)25(35)32-16-23-17(2)13-18(3)33-26(23)36/h13-15,21H,8-12,16H2,1-7H3,(H2,31,37)(H,32,35)(H,33,36). The maximum absolute atomic E-state index is 13.3. The molecule has 0 radical (unpaired) electrons. The number of rotatable bonds is 7. The van der Waals surface area contributed by atoms with Crippen LogP contribution in [0.1, 0.15) is 86.1 Å². The fourth-order valence-electron chi connectivity index (χ4n) is 5.77. The van der Waals surface area contributed by atoms with Crippen LogP contribution in [0, 0.1) is 26.2 Å². The van der Waals surface area contributed by atoms with Crippen LogP contribution < -0.4 is 21.5 Å². The predicted molar refractivity (Wildman–Crippen MR) is 152 cm³/mol. The smallest absolute Gasteiger partial charge is 0.405 e. The number of pyridine rings is 1. The first-order valence-electron chi connectivity index (χ1n) is 13.2. The molecular weight excluding hydrogens is 504 g/mol. The number of hydrogen-bond acceptors (Lipinski definition) is 5. The zero-order valence-electron chi connectivity index (χ0n) is 23.6. The van der Waals surface area contributed by atoms with Gasteiger partial charge in [-0.25, -0.2) is 4.79 Å². The Hall–Kier alpha value is -3.00. The summed E-state index contributed by atoms with van der Waals surface area (Å²) < 4.78 is 5.71. The van der Waals surface area contributed by atoms with Crippen molar-refractivity contribution in [3.05, 3.63) is 61.5 Å². The Morgan fingerprint density at radius 3 is 2.34 bits per heavy atom. The number of primary amides is 1. The molecule has 1 aliphatic rings. The van der Waals surface area contributed by atoms with E-state index in [1.807, 2.05) is 32.9 Å². The molecule has 1 saturated carbocycles. The fourth-order valence-corrected chi connectivity index (χ4v) is 5.98. The zero-order chi connectivity index (χ0) is 28.4. The highest BCUT2D eigenvalue weighted by atomic mass is 35.5. The van der Waals surface area contributed by atoms with Crippen molar-refractivity contribution < 1.29 is 14.3 Å². The first-order valence-corrected chi connectivity index (χ1v) is 13.6. The summed E-state index contributed by atoms with van der Waals surface area (Å²) in [7, 11) is 0.